The SMILES string of the molecule is CC1CCC(C(CN)Nc2ccc(F)c(Br)c2)O1. The molecule has 3 nitrogen and oxygen atoms in total. The molecule has 5 heteroatoms. The van der Waals surface area contributed by atoms with E-state index in [2.05, 4.69) is 28.2 Å². The van der Waals surface area contributed by atoms with Crippen LogP contribution >= 0.6 is 15.9 Å². The van der Waals surface area contributed by atoms with Crippen LogP contribution in [0.3, 0.4) is 0 Å². The molecule has 0 radical (unpaired) electrons. The van der Waals surface area contributed by atoms with Gasteiger partial charge in [-0.3, -0.25) is 0 Å². The zero-order valence-corrected chi connectivity index (χ0v) is 11.9. The van der Waals surface area contributed by atoms with E-state index >= 15 is 0 Å². The lowest BCUT2D eigenvalue weighted by molar-refractivity contribution is 0.0460. The van der Waals surface area contributed by atoms with Crippen LogP contribution in [-0.4, -0.2) is 24.8 Å². The quantitative estimate of drug-likeness (QED) is 0.898. The Morgan fingerprint density at radius 1 is 1.56 bits per heavy atom. The van der Waals surface area contributed by atoms with Crippen LogP contribution in [0.2, 0.25) is 0 Å². The molecule has 1 fully saturated rings. The molecule has 1 saturated heterocycles. The summed E-state index contributed by atoms with van der Waals surface area (Å²) in [6.07, 6.45) is 2.51. The Hall–Kier alpha value is -0.650. The van der Waals surface area contributed by atoms with Crippen molar-refractivity contribution in [2.24, 2.45) is 5.73 Å². The standard InChI is InChI=1S/C13H18BrFN2O/c1-8-2-5-13(18-8)12(7-16)17-9-3-4-11(15)10(14)6-9/h3-4,6,8,12-13,17H,2,5,7,16H2,1H3. The average molecular weight is 317 g/mol. The maximum atomic E-state index is 13.1. The number of halogens is 2. The van der Waals surface area contributed by atoms with Gasteiger partial charge in [0.2, 0.25) is 0 Å². The van der Waals surface area contributed by atoms with Gasteiger partial charge in [-0.2, -0.15) is 0 Å². The molecule has 18 heavy (non-hydrogen) atoms. The van der Waals surface area contributed by atoms with Crippen molar-refractivity contribution in [2.45, 2.75) is 38.0 Å². The number of rotatable bonds is 4. The van der Waals surface area contributed by atoms with Crippen LogP contribution < -0.4 is 11.1 Å². The molecular weight excluding hydrogens is 299 g/mol. The van der Waals surface area contributed by atoms with Crippen molar-refractivity contribution in [1.82, 2.24) is 0 Å². The second-order valence-corrected chi connectivity index (χ2v) is 5.53. The van der Waals surface area contributed by atoms with Crippen LogP contribution in [0.4, 0.5) is 10.1 Å². The van der Waals surface area contributed by atoms with Crippen molar-refractivity contribution >= 4 is 21.6 Å². The van der Waals surface area contributed by atoms with Crippen LogP contribution in [0.15, 0.2) is 22.7 Å². The van der Waals surface area contributed by atoms with Crippen molar-refractivity contribution in [3.63, 3.8) is 0 Å². The molecule has 0 saturated carbocycles. The van der Waals surface area contributed by atoms with Gasteiger partial charge in [0.25, 0.3) is 0 Å². The Kier molecular flexibility index (Phi) is 4.59. The summed E-state index contributed by atoms with van der Waals surface area (Å²) in [6, 6.07) is 4.92. The van der Waals surface area contributed by atoms with E-state index < -0.39 is 0 Å². The monoisotopic (exact) mass is 316 g/mol. The first-order valence-electron chi connectivity index (χ1n) is 6.17. The molecule has 3 atom stereocenters. The van der Waals surface area contributed by atoms with Crippen molar-refractivity contribution < 1.29 is 9.13 Å². The summed E-state index contributed by atoms with van der Waals surface area (Å²) in [6.45, 7) is 2.56. The van der Waals surface area contributed by atoms with Crippen molar-refractivity contribution in [3.8, 4) is 0 Å². The van der Waals surface area contributed by atoms with Gasteiger partial charge in [-0.1, -0.05) is 0 Å². The highest BCUT2D eigenvalue weighted by atomic mass is 79.9. The maximum absolute atomic E-state index is 13.1. The summed E-state index contributed by atoms with van der Waals surface area (Å²) in [4.78, 5) is 0. The smallest absolute Gasteiger partial charge is 0.137 e. The third-order valence-electron chi connectivity index (χ3n) is 3.24. The fourth-order valence-electron chi connectivity index (χ4n) is 2.23. The van der Waals surface area contributed by atoms with Crippen LogP contribution in [0.25, 0.3) is 0 Å². The molecule has 0 bridgehead atoms. The van der Waals surface area contributed by atoms with Gasteiger partial charge < -0.3 is 15.8 Å². The second kappa shape index (κ2) is 5.99. The highest BCUT2D eigenvalue weighted by molar-refractivity contribution is 9.10. The Morgan fingerprint density at radius 3 is 2.89 bits per heavy atom. The lowest BCUT2D eigenvalue weighted by Gasteiger charge is -2.24. The van der Waals surface area contributed by atoms with Gasteiger partial charge in [0.15, 0.2) is 0 Å². The van der Waals surface area contributed by atoms with Crippen LogP contribution in [0.5, 0.6) is 0 Å². The Morgan fingerprint density at radius 2 is 2.33 bits per heavy atom. The van der Waals surface area contributed by atoms with Crippen LogP contribution in [0, 0.1) is 5.82 Å². The molecular formula is C13H18BrFN2O. The van der Waals surface area contributed by atoms with Crippen LogP contribution in [-0.2, 0) is 4.74 Å². The minimum absolute atomic E-state index is 0.0623. The lowest BCUT2D eigenvalue weighted by Crippen LogP contribution is -2.40. The first-order valence-corrected chi connectivity index (χ1v) is 6.96. The number of nitrogens with one attached hydrogen (secondary N) is 1. The van der Waals surface area contributed by atoms with E-state index in [0.717, 1.165) is 18.5 Å². The van der Waals surface area contributed by atoms with E-state index in [1.807, 2.05) is 0 Å². The van der Waals surface area contributed by atoms with Crippen molar-refractivity contribution in [1.29, 1.82) is 0 Å². The third kappa shape index (κ3) is 3.22. The molecule has 0 amide bonds. The minimum atomic E-state index is -0.268. The van der Waals surface area contributed by atoms with Gasteiger partial charge in [0, 0.05) is 12.2 Å². The van der Waals surface area contributed by atoms with E-state index in [9.17, 15) is 4.39 Å². The molecule has 0 aromatic heterocycles. The maximum Gasteiger partial charge on any atom is 0.137 e. The number of anilines is 1. The molecule has 100 valence electrons. The van der Waals surface area contributed by atoms with Gasteiger partial charge in [0.1, 0.15) is 5.82 Å². The first-order chi connectivity index (χ1) is 8.60. The van der Waals surface area contributed by atoms with Crippen molar-refractivity contribution in [3.05, 3.63) is 28.5 Å². The van der Waals surface area contributed by atoms with E-state index in [4.69, 9.17) is 10.5 Å². The van der Waals surface area contributed by atoms with Gasteiger partial charge in [0.05, 0.1) is 22.7 Å². The number of benzene rings is 1. The Labute approximate surface area is 115 Å². The largest absolute Gasteiger partial charge is 0.378 e. The molecule has 1 aliphatic heterocycles. The fraction of sp³-hybridized carbons (Fsp3) is 0.538. The zero-order chi connectivity index (χ0) is 13.1. The normalized spacial score (nSPS) is 25.1. The molecule has 1 aromatic carbocycles. The summed E-state index contributed by atoms with van der Waals surface area (Å²) >= 11 is 3.17. The van der Waals surface area contributed by atoms with E-state index in [1.165, 1.54) is 6.07 Å². The zero-order valence-electron chi connectivity index (χ0n) is 10.3. The molecule has 1 aliphatic rings. The number of hydrogen-bond acceptors (Lipinski definition) is 3. The van der Waals surface area contributed by atoms with E-state index in [1.54, 1.807) is 12.1 Å². The highest BCUT2D eigenvalue weighted by Crippen LogP contribution is 2.25. The predicted octanol–water partition coefficient (Wildman–Crippen LogP) is 2.89. The van der Waals surface area contributed by atoms with Gasteiger partial charge in [-0.25, -0.2) is 4.39 Å². The summed E-state index contributed by atoms with van der Waals surface area (Å²) in [5, 5.41) is 3.31. The van der Waals surface area contributed by atoms with Crippen molar-refractivity contribution in [2.75, 3.05) is 11.9 Å². The minimum Gasteiger partial charge on any atom is -0.378 e. The molecule has 2 rings (SSSR count). The fourth-order valence-corrected chi connectivity index (χ4v) is 2.61. The predicted molar refractivity (Wildman–Crippen MR) is 74.1 cm³/mol. The Bertz CT molecular complexity index is 416. The van der Waals surface area contributed by atoms with Gasteiger partial charge >= 0.3 is 0 Å². The topological polar surface area (TPSA) is 47.3 Å². The summed E-state index contributed by atoms with van der Waals surface area (Å²) in [5.74, 6) is -0.268. The molecule has 1 heterocycles. The summed E-state index contributed by atoms with van der Waals surface area (Å²) in [5.41, 5.74) is 6.63. The molecule has 0 aliphatic carbocycles. The molecule has 3 N–H and O–H groups in total. The first kappa shape index (κ1) is 13.8. The second-order valence-electron chi connectivity index (χ2n) is 4.68. The molecule has 0 spiro atoms. The number of ether oxygens (including phenoxy) is 1. The van der Waals surface area contributed by atoms with E-state index in [0.29, 0.717) is 17.1 Å². The number of nitrogens with two attached hydrogens (primary N) is 1. The summed E-state index contributed by atoms with van der Waals surface area (Å²) < 4.78 is 19.4. The summed E-state index contributed by atoms with van der Waals surface area (Å²) in [7, 11) is 0. The Balaban J connectivity index is 2.03. The molecule has 3 unspecified atom stereocenters. The average Bonchev–Trinajstić information content (AvgIpc) is 2.77. The van der Waals surface area contributed by atoms with E-state index in [-0.39, 0.29) is 18.0 Å². The van der Waals surface area contributed by atoms with Gasteiger partial charge in [-0.15, -0.1) is 0 Å². The highest BCUT2D eigenvalue weighted by Gasteiger charge is 2.28. The number of hydrogen-bond donors (Lipinski definition) is 2. The van der Waals surface area contributed by atoms with Crippen LogP contribution in [0.1, 0.15) is 19.8 Å². The van der Waals surface area contributed by atoms with Gasteiger partial charge in [-0.05, 0) is 53.9 Å². The molecule has 1 aromatic rings. The lowest BCUT2D eigenvalue weighted by atomic mass is 10.1. The third-order valence-corrected chi connectivity index (χ3v) is 3.85.